The highest BCUT2D eigenvalue weighted by atomic mass is 32.1. The van der Waals surface area contributed by atoms with Crippen molar-refractivity contribution in [2.24, 2.45) is 0 Å². The summed E-state index contributed by atoms with van der Waals surface area (Å²) >= 11 is 5.67. The molecular weight excluding hydrogens is 413 g/mol. The lowest BCUT2D eigenvalue weighted by Gasteiger charge is -2.27. The van der Waals surface area contributed by atoms with Gasteiger partial charge in [-0.1, -0.05) is 23.8 Å². The molecule has 0 amide bonds. The number of hydrogen-bond acceptors (Lipinski definition) is 3. The van der Waals surface area contributed by atoms with Crippen molar-refractivity contribution in [2.45, 2.75) is 39.0 Å². The van der Waals surface area contributed by atoms with Crippen LogP contribution < -0.4 is 10.9 Å². The number of nitrogens with zero attached hydrogens (tertiary/aromatic N) is 1. The zero-order chi connectivity index (χ0) is 21.8. The van der Waals surface area contributed by atoms with Crippen molar-refractivity contribution in [1.82, 2.24) is 15.2 Å². The number of aryl methyl sites for hydroxylation is 1. The Labute approximate surface area is 186 Å². The number of nitrogens with one attached hydrogen (secondary N) is 2. The van der Waals surface area contributed by atoms with Gasteiger partial charge in [-0.25, -0.2) is 4.39 Å². The molecule has 0 radical (unpaired) electrons. The van der Waals surface area contributed by atoms with Gasteiger partial charge in [-0.2, -0.15) is 0 Å². The van der Waals surface area contributed by atoms with E-state index in [4.69, 9.17) is 17.0 Å². The molecule has 1 aromatic heterocycles. The molecule has 4 rings (SSSR count). The summed E-state index contributed by atoms with van der Waals surface area (Å²) in [4.78, 5) is 17.6. The van der Waals surface area contributed by atoms with E-state index in [1.54, 1.807) is 12.1 Å². The summed E-state index contributed by atoms with van der Waals surface area (Å²) in [5.41, 5.74) is 3.34. The molecule has 0 saturated carbocycles. The van der Waals surface area contributed by atoms with Gasteiger partial charge in [0.05, 0.1) is 12.6 Å². The second-order valence-electron chi connectivity index (χ2n) is 8.02. The molecule has 1 aliphatic heterocycles. The zero-order valence-corrected chi connectivity index (χ0v) is 18.3. The fourth-order valence-electron chi connectivity index (χ4n) is 3.82. The Balaban J connectivity index is 1.57. The van der Waals surface area contributed by atoms with E-state index in [1.807, 2.05) is 36.1 Å². The number of rotatable bonds is 6. The van der Waals surface area contributed by atoms with Gasteiger partial charge in [0.15, 0.2) is 5.11 Å². The molecule has 162 valence electrons. The summed E-state index contributed by atoms with van der Waals surface area (Å²) < 4.78 is 19.0. The maximum absolute atomic E-state index is 13.3. The lowest BCUT2D eigenvalue weighted by atomic mass is 10.1. The summed E-state index contributed by atoms with van der Waals surface area (Å²) in [5.74, 6) is -0.282. The number of hydrogen-bond donors (Lipinski definition) is 2. The largest absolute Gasteiger partial charge is 0.376 e. The van der Waals surface area contributed by atoms with Gasteiger partial charge in [0.25, 0.3) is 5.56 Å². The Hall–Kier alpha value is -2.77. The van der Waals surface area contributed by atoms with Crippen molar-refractivity contribution in [3.05, 3.63) is 81.4 Å². The molecule has 1 aliphatic rings. The van der Waals surface area contributed by atoms with E-state index in [1.165, 1.54) is 12.1 Å². The summed E-state index contributed by atoms with van der Waals surface area (Å²) in [6.07, 6.45) is 2.22. The van der Waals surface area contributed by atoms with Crippen LogP contribution in [0.1, 0.15) is 29.5 Å². The van der Waals surface area contributed by atoms with Crippen LogP contribution >= 0.6 is 12.2 Å². The molecule has 7 heteroatoms. The van der Waals surface area contributed by atoms with E-state index in [0.717, 1.165) is 41.5 Å². The first-order valence-electron chi connectivity index (χ1n) is 10.5. The van der Waals surface area contributed by atoms with E-state index in [-0.39, 0.29) is 17.5 Å². The Morgan fingerprint density at radius 1 is 1.23 bits per heavy atom. The topological polar surface area (TPSA) is 57.4 Å². The number of aromatic nitrogens is 1. The summed E-state index contributed by atoms with van der Waals surface area (Å²) in [7, 11) is 0. The lowest BCUT2D eigenvalue weighted by molar-refractivity contribution is 0.113. The standard InChI is InChI=1S/C24H26FN3O2S/c1-16-4-9-22-18(11-16)12-19(23(29)27-22)15-28(14-17-5-7-20(25)8-6-17)24(31)26-13-21-3-2-10-30-21/h4-9,11-12,21H,2-3,10,13-15H2,1H3,(H,26,31)(H,27,29)/t21-/m0/s1. The molecule has 5 nitrogen and oxygen atoms in total. The Morgan fingerprint density at radius 3 is 2.77 bits per heavy atom. The molecule has 1 fully saturated rings. The van der Waals surface area contributed by atoms with Crippen molar-refractivity contribution in [1.29, 1.82) is 0 Å². The summed E-state index contributed by atoms with van der Waals surface area (Å²) in [6.45, 7) is 4.24. The second-order valence-corrected chi connectivity index (χ2v) is 8.40. The third-order valence-electron chi connectivity index (χ3n) is 5.52. The quantitative estimate of drug-likeness (QED) is 0.568. The number of halogens is 1. The molecule has 3 aromatic rings. The van der Waals surface area contributed by atoms with Crippen LogP contribution in [0.3, 0.4) is 0 Å². The molecule has 2 heterocycles. The summed E-state index contributed by atoms with van der Waals surface area (Å²) in [6, 6.07) is 14.2. The number of thiocarbonyl (C=S) groups is 1. The number of aromatic amines is 1. The Kier molecular flexibility index (Phi) is 6.63. The van der Waals surface area contributed by atoms with Gasteiger partial charge in [-0.05, 0) is 73.3 Å². The van der Waals surface area contributed by atoms with Crippen LogP contribution in [0.25, 0.3) is 10.9 Å². The Bertz CT molecular complexity index is 1120. The van der Waals surface area contributed by atoms with Crippen molar-refractivity contribution in [3.63, 3.8) is 0 Å². The highest BCUT2D eigenvalue weighted by molar-refractivity contribution is 7.80. The van der Waals surface area contributed by atoms with Crippen LogP contribution in [0.5, 0.6) is 0 Å². The minimum atomic E-state index is -0.282. The average molecular weight is 440 g/mol. The number of H-pyrrole nitrogens is 1. The third-order valence-corrected chi connectivity index (χ3v) is 5.92. The van der Waals surface area contributed by atoms with Gasteiger partial charge in [0.1, 0.15) is 5.82 Å². The number of benzene rings is 2. The monoisotopic (exact) mass is 439 g/mol. The SMILES string of the molecule is Cc1ccc2[nH]c(=O)c(CN(Cc3ccc(F)cc3)C(=S)NC[C@@H]3CCCO3)cc2c1. The molecule has 2 aromatic carbocycles. The normalized spacial score (nSPS) is 15.9. The first-order valence-corrected chi connectivity index (χ1v) is 10.9. The molecular formula is C24H26FN3O2S. The van der Waals surface area contributed by atoms with Crippen LogP contribution in [0.4, 0.5) is 4.39 Å². The van der Waals surface area contributed by atoms with E-state index >= 15 is 0 Å². The molecule has 0 aliphatic carbocycles. The number of ether oxygens (including phenoxy) is 1. The van der Waals surface area contributed by atoms with Crippen LogP contribution in [-0.2, 0) is 17.8 Å². The average Bonchev–Trinajstić information content (AvgIpc) is 3.27. The van der Waals surface area contributed by atoms with E-state index in [9.17, 15) is 9.18 Å². The molecule has 0 bridgehead atoms. The van der Waals surface area contributed by atoms with E-state index in [0.29, 0.717) is 30.3 Å². The minimum absolute atomic E-state index is 0.137. The summed E-state index contributed by atoms with van der Waals surface area (Å²) in [5, 5.41) is 4.81. The maximum Gasteiger partial charge on any atom is 0.253 e. The van der Waals surface area contributed by atoms with Crippen molar-refractivity contribution in [3.8, 4) is 0 Å². The highest BCUT2D eigenvalue weighted by Crippen LogP contribution is 2.16. The highest BCUT2D eigenvalue weighted by Gasteiger charge is 2.18. The fourth-order valence-corrected chi connectivity index (χ4v) is 4.03. The number of fused-ring (bicyclic) bond motifs is 1. The Morgan fingerprint density at radius 2 is 2.03 bits per heavy atom. The van der Waals surface area contributed by atoms with Gasteiger partial charge < -0.3 is 19.9 Å². The van der Waals surface area contributed by atoms with Crippen LogP contribution in [0, 0.1) is 12.7 Å². The van der Waals surface area contributed by atoms with Crippen molar-refractivity contribution < 1.29 is 9.13 Å². The van der Waals surface area contributed by atoms with Crippen LogP contribution in [0.15, 0.2) is 53.3 Å². The molecule has 2 N–H and O–H groups in total. The first kappa shape index (κ1) is 21.5. The lowest BCUT2D eigenvalue weighted by Crippen LogP contribution is -2.42. The fraction of sp³-hybridized carbons (Fsp3) is 0.333. The van der Waals surface area contributed by atoms with Crippen LogP contribution in [0.2, 0.25) is 0 Å². The molecule has 1 saturated heterocycles. The van der Waals surface area contributed by atoms with E-state index in [2.05, 4.69) is 10.3 Å². The van der Waals surface area contributed by atoms with Crippen molar-refractivity contribution >= 4 is 28.2 Å². The third kappa shape index (κ3) is 5.48. The van der Waals surface area contributed by atoms with E-state index < -0.39 is 0 Å². The van der Waals surface area contributed by atoms with Gasteiger partial charge in [-0.3, -0.25) is 4.79 Å². The second kappa shape index (κ2) is 9.58. The molecule has 31 heavy (non-hydrogen) atoms. The van der Waals surface area contributed by atoms with Crippen LogP contribution in [-0.4, -0.2) is 34.3 Å². The van der Waals surface area contributed by atoms with Gasteiger partial charge >= 0.3 is 0 Å². The minimum Gasteiger partial charge on any atom is -0.376 e. The predicted molar refractivity (Wildman–Crippen MR) is 125 cm³/mol. The van der Waals surface area contributed by atoms with Gasteiger partial charge in [0.2, 0.25) is 0 Å². The maximum atomic E-state index is 13.3. The smallest absolute Gasteiger partial charge is 0.253 e. The zero-order valence-electron chi connectivity index (χ0n) is 17.5. The van der Waals surface area contributed by atoms with Gasteiger partial charge in [-0.15, -0.1) is 0 Å². The first-order chi connectivity index (χ1) is 15.0. The molecule has 0 unspecified atom stereocenters. The van der Waals surface area contributed by atoms with Gasteiger partial charge in [0, 0.05) is 30.8 Å². The molecule has 0 spiro atoms. The number of pyridine rings is 1. The van der Waals surface area contributed by atoms with Crippen molar-refractivity contribution in [2.75, 3.05) is 13.2 Å². The molecule has 1 atom stereocenters. The predicted octanol–water partition coefficient (Wildman–Crippen LogP) is 4.03.